The zero-order valence-corrected chi connectivity index (χ0v) is 18.4. The summed E-state index contributed by atoms with van der Waals surface area (Å²) in [7, 11) is 0. The van der Waals surface area contributed by atoms with Crippen LogP contribution in [0.2, 0.25) is 0 Å². The van der Waals surface area contributed by atoms with Gasteiger partial charge in [-0.2, -0.15) is 5.10 Å². The third kappa shape index (κ3) is 4.43. The minimum atomic E-state index is 0.0538. The molecule has 0 saturated carbocycles. The molecule has 0 bridgehead atoms. The number of carbonyl (C=O) groups excluding carboxylic acids is 2. The second kappa shape index (κ2) is 8.93. The molecule has 7 nitrogen and oxygen atoms in total. The summed E-state index contributed by atoms with van der Waals surface area (Å²) in [6.45, 7) is 12.9. The second-order valence-corrected chi connectivity index (χ2v) is 7.98. The largest absolute Gasteiger partial charge is 0.343 e. The fourth-order valence-electron chi connectivity index (χ4n) is 4.36. The van der Waals surface area contributed by atoms with Crippen molar-refractivity contribution in [2.24, 2.45) is 5.92 Å². The summed E-state index contributed by atoms with van der Waals surface area (Å²) in [6, 6.07) is 1.97. The van der Waals surface area contributed by atoms with E-state index in [0.717, 1.165) is 54.2 Å². The highest BCUT2D eigenvalue weighted by atomic mass is 16.2. The van der Waals surface area contributed by atoms with Gasteiger partial charge in [0.1, 0.15) is 0 Å². The summed E-state index contributed by atoms with van der Waals surface area (Å²) in [5, 5.41) is 4.51. The van der Waals surface area contributed by atoms with Crippen LogP contribution in [0.4, 0.5) is 0 Å². The van der Waals surface area contributed by atoms with Crippen LogP contribution in [0.5, 0.6) is 0 Å². The van der Waals surface area contributed by atoms with Crippen molar-refractivity contribution >= 4 is 17.5 Å². The molecule has 0 unspecified atom stereocenters. The lowest BCUT2D eigenvalue weighted by Gasteiger charge is -2.34. The van der Waals surface area contributed by atoms with Crippen LogP contribution in [-0.2, 0) is 16.0 Å². The van der Waals surface area contributed by atoms with Crippen LogP contribution in [-0.4, -0.2) is 62.4 Å². The summed E-state index contributed by atoms with van der Waals surface area (Å²) < 4.78 is 1.87. The van der Waals surface area contributed by atoms with Crippen LogP contribution >= 0.6 is 0 Å². The van der Waals surface area contributed by atoms with Crippen molar-refractivity contribution in [2.75, 3.05) is 26.2 Å². The lowest BCUT2D eigenvalue weighted by atomic mass is 9.94. The molecule has 1 aliphatic heterocycles. The van der Waals surface area contributed by atoms with Crippen molar-refractivity contribution in [2.45, 2.75) is 60.3 Å². The van der Waals surface area contributed by atoms with Gasteiger partial charge in [-0.1, -0.05) is 0 Å². The zero-order chi connectivity index (χ0) is 21.1. The van der Waals surface area contributed by atoms with Crippen molar-refractivity contribution in [3.8, 4) is 0 Å². The van der Waals surface area contributed by atoms with E-state index in [0.29, 0.717) is 25.9 Å². The lowest BCUT2D eigenvalue weighted by molar-refractivity contribution is -0.140. The van der Waals surface area contributed by atoms with Gasteiger partial charge in [-0.15, -0.1) is 0 Å². The normalized spacial score (nSPS) is 15.1. The molecule has 158 valence electrons. The number of carbonyl (C=O) groups is 2. The minimum Gasteiger partial charge on any atom is -0.343 e. The first-order valence-corrected chi connectivity index (χ1v) is 10.7. The summed E-state index contributed by atoms with van der Waals surface area (Å²) in [5.41, 5.74) is 4.91. The first kappa shape index (κ1) is 21.3. The third-order valence-corrected chi connectivity index (χ3v) is 6.15. The maximum atomic E-state index is 12.8. The van der Waals surface area contributed by atoms with Gasteiger partial charge in [0.25, 0.3) is 0 Å². The summed E-state index contributed by atoms with van der Waals surface area (Å²) in [4.78, 5) is 33.8. The number of fused-ring (bicyclic) bond motifs is 1. The molecule has 1 saturated heterocycles. The van der Waals surface area contributed by atoms with E-state index in [9.17, 15) is 9.59 Å². The van der Waals surface area contributed by atoms with E-state index in [-0.39, 0.29) is 17.7 Å². The van der Waals surface area contributed by atoms with Gasteiger partial charge in [-0.25, -0.2) is 9.50 Å². The Bertz CT molecular complexity index is 892. The first-order valence-electron chi connectivity index (χ1n) is 10.7. The van der Waals surface area contributed by atoms with E-state index in [1.54, 1.807) is 0 Å². The molecule has 0 aromatic carbocycles. The van der Waals surface area contributed by atoms with Crippen molar-refractivity contribution in [3.05, 3.63) is 28.7 Å². The minimum absolute atomic E-state index is 0.0538. The van der Waals surface area contributed by atoms with E-state index < -0.39 is 0 Å². The maximum absolute atomic E-state index is 12.8. The summed E-state index contributed by atoms with van der Waals surface area (Å²) >= 11 is 0. The molecule has 0 atom stereocenters. The highest BCUT2D eigenvalue weighted by Gasteiger charge is 2.29. The van der Waals surface area contributed by atoms with Crippen LogP contribution in [0.1, 0.15) is 55.8 Å². The van der Waals surface area contributed by atoms with Gasteiger partial charge in [0.15, 0.2) is 5.65 Å². The highest BCUT2D eigenvalue weighted by molar-refractivity contribution is 5.80. The van der Waals surface area contributed by atoms with E-state index in [2.05, 4.69) is 10.1 Å². The van der Waals surface area contributed by atoms with E-state index in [1.807, 2.05) is 55.0 Å². The van der Waals surface area contributed by atoms with Crippen molar-refractivity contribution in [1.82, 2.24) is 24.4 Å². The highest BCUT2D eigenvalue weighted by Crippen LogP contribution is 2.22. The van der Waals surface area contributed by atoms with Gasteiger partial charge in [0.2, 0.25) is 11.8 Å². The molecule has 0 N–H and O–H groups in total. The maximum Gasteiger partial charge on any atom is 0.225 e. The van der Waals surface area contributed by atoms with Gasteiger partial charge >= 0.3 is 0 Å². The molecule has 0 spiro atoms. The van der Waals surface area contributed by atoms with Crippen LogP contribution in [0, 0.1) is 26.7 Å². The lowest BCUT2D eigenvalue weighted by Crippen LogP contribution is -2.44. The van der Waals surface area contributed by atoms with Gasteiger partial charge in [0.05, 0.1) is 5.69 Å². The molecule has 2 aromatic heterocycles. The molecule has 7 heteroatoms. The van der Waals surface area contributed by atoms with Crippen molar-refractivity contribution < 1.29 is 9.59 Å². The standard InChI is InChI=1S/C22H33N5O2/c1-6-25(7-2)22(29)18-10-12-26(13-11-18)21(28)9-8-19-16(4)23-20-14-15(3)24-27(20)17(19)5/h14,18H,6-13H2,1-5H3. The van der Waals surface area contributed by atoms with Crippen LogP contribution in [0.3, 0.4) is 0 Å². The average Bonchev–Trinajstić information content (AvgIpc) is 3.09. The summed E-state index contributed by atoms with van der Waals surface area (Å²) in [6.07, 6.45) is 2.65. The number of rotatable bonds is 6. The number of amides is 2. The van der Waals surface area contributed by atoms with Crippen LogP contribution < -0.4 is 0 Å². The number of hydrogen-bond donors (Lipinski definition) is 0. The Kier molecular flexibility index (Phi) is 6.55. The van der Waals surface area contributed by atoms with Gasteiger partial charge < -0.3 is 9.80 Å². The molecular weight excluding hydrogens is 366 g/mol. The predicted octanol–water partition coefficient (Wildman–Crippen LogP) is 2.69. The van der Waals surface area contributed by atoms with Crippen molar-refractivity contribution in [3.63, 3.8) is 0 Å². The van der Waals surface area contributed by atoms with Gasteiger partial charge in [-0.05, 0) is 59.4 Å². The summed E-state index contributed by atoms with van der Waals surface area (Å²) in [5.74, 6) is 0.453. The topological polar surface area (TPSA) is 70.8 Å². The molecule has 3 heterocycles. The molecular formula is C22H33N5O2. The molecule has 0 aliphatic carbocycles. The van der Waals surface area contributed by atoms with E-state index >= 15 is 0 Å². The van der Waals surface area contributed by atoms with Gasteiger partial charge in [-0.3, -0.25) is 9.59 Å². The Morgan fingerprint density at radius 2 is 1.79 bits per heavy atom. The molecule has 2 amide bonds. The Morgan fingerprint density at radius 3 is 2.41 bits per heavy atom. The smallest absolute Gasteiger partial charge is 0.225 e. The Morgan fingerprint density at radius 1 is 1.14 bits per heavy atom. The quantitative estimate of drug-likeness (QED) is 0.749. The molecule has 1 fully saturated rings. The third-order valence-electron chi connectivity index (χ3n) is 6.15. The van der Waals surface area contributed by atoms with E-state index in [1.165, 1.54) is 0 Å². The van der Waals surface area contributed by atoms with E-state index in [4.69, 9.17) is 0 Å². The predicted molar refractivity (Wildman–Crippen MR) is 113 cm³/mol. The van der Waals surface area contributed by atoms with Crippen LogP contribution in [0.25, 0.3) is 5.65 Å². The Hall–Kier alpha value is -2.44. The Labute approximate surface area is 173 Å². The average molecular weight is 400 g/mol. The fraction of sp³-hybridized carbons (Fsp3) is 0.636. The first-order chi connectivity index (χ1) is 13.8. The Balaban J connectivity index is 1.58. The fourth-order valence-corrected chi connectivity index (χ4v) is 4.36. The molecule has 2 aromatic rings. The monoisotopic (exact) mass is 399 g/mol. The zero-order valence-electron chi connectivity index (χ0n) is 18.4. The SMILES string of the molecule is CCN(CC)C(=O)C1CCN(C(=O)CCc2c(C)nc3cc(C)nn3c2C)CC1. The number of piperidine rings is 1. The number of likely N-dealkylation sites (tertiary alicyclic amines) is 1. The van der Waals surface area contributed by atoms with Crippen LogP contribution in [0.15, 0.2) is 6.07 Å². The molecule has 0 radical (unpaired) electrons. The number of nitrogens with zero attached hydrogens (tertiary/aromatic N) is 5. The molecule has 3 rings (SSSR count). The number of aryl methyl sites for hydroxylation is 3. The molecule has 1 aliphatic rings. The molecule has 29 heavy (non-hydrogen) atoms. The van der Waals surface area contributed by atoms with Gasteiger partial charge in [0, 0.05) is 56.0 Å². The second-order valence-electron chi connectivity index (χ2n) is 7.98. The van der Waals surface area contributed by atoms with Crippen molar-refractivity contribution in [1.29, 1.82) is 0 Å². The number of aromatic nitrogens is 3. The number of hydrogen-bond acceptors (Lipinski definition) is 4.